The van der Waals surface area contributed by atoms with Crippen LogP contribution in [0.2, 0.25) is 0 Å². The molecule has 3 aliphatic carbocycles. The number of H-pyrrole nitrogens is 1. The number of nitrogens with one attached hydrogen (secondary N) is 4. The van der Waals surface area contributed by atoms with Crippen LogP contribution >= 0.6 is 15.9 Å². The zero-order valence-electron chi connectivity index (χ0n) is 22.7. The van der Waals surface area contributed by atoms with Crippen LogP contribution in [0.3, 0.4) is 0 Å². The van der Waals surface area contributed by atoms with Crippen LogP contribution in [-0.2, 0) is 26.0 Å². The average Bonchev–Trinajstić information content (AvgIpc) is 3.21. The molecule has 0 bridgehead atoms. The van der Waals surface area contributed by atoms with Gasteiger partial charge in [-0.1, -0.05) is 22.4 Å². The molecule has 3 saturated carbocycles. The van der Waals surface area contributed by atoms with Gasteiger partial charge >= 0.3 is 0 Å². The van der Waals surface area contributed by atoms with E-state index in [0.29, 0.717) is 36.9 Å². The number of hydrogen-bond acceptors (Lipinski definition) is 5. The van der Waals surface area contributed by atoms with E-state index in [1.165, 1.54) is 0 Å². The minimum atomic E-state index is -3.45. The number of aryl methyl sites for hydroxylation is 2. The molecule has 4 N–H and O–H groups in total. The normalized spacial score (nSPS) is 30.5. The SMILES string of the molecule is Cc1n[nH]c(C)c1CCC(=O)NC1CCCC(NC(=O)C2CCCC(S(=O)(=O)NC3CCC(Br)CC3)C2)C1. The summed E-state index contributed by atoms with van der Waals surface area (Å²) in [7, 11) is -3.45. The standard InChI is InChI=1S/C27H44BrN5O4S/c1-17-25(18(2)32-31-17)13-14-26(34)29-22-6-4-7-23(16-22)30-27(35)19-5-3-8-24(15-19)38(36,37)33-21-11-9-20(28)10-12-21/h19-24,33H,3-16H2,1-2H3,(H,29,34)(H,30,35)(H,31,32). The number of rotatable bonds is 9. The molecule has 4 unspecified atom stereocenters. The predicted octanol–water partition coefficient (Wildman–Crippen LogP) is 3.69. The lowest BCUT2D eigenvalue weighted by Crippen LogP contribution is -2.49. The number of aromatic amines is 1. The first-order valence-electron chi connectivity index (χ1n) is 14.4. The molecule has 1 heterocycles. The third kappa shape index (κ3) is 8.03. The van der Waals surface area contributed by atoms with Gasteiger partial charge in [-0.3, -0.25) is 14.7 Å². The van der Waals surface area contributed by atoms with E-state index in [0.717, 1.165) is 74.7 Å². The molecule has 0 radical (unpaired) electrons. The van der Waals surface area contributed by atoms with E-state index in [4.69, 9.17) is 0 Å². The van der Waals surface area contributed by atoms with Crippen LogP contribution in [-0.4, -0.2) is 58.6 Å². The molecule has 2 amide bonds. The summed E-state index contributed by atoms with van der Waals surface area (Å²) in [6.07, 6.45) is 10.7. The molecular formula is C27H44BrN5O4S. The average molecular weight is 615 g/mol. The Morgan fingerprint density at radius 2 is 1.61 bits per heavy atom. The van der Waals surface area contributed by atoms with Gasteiger partial charge in [0.15, 0.2) is 0 Å². The zero-order chi connectivity index (χ0) is 27.3. The number of carbonyl (C=O) groups is 2. The summed E-state index contributed by atoms with van der Waals surface area (Å²) in [6, 6.07) is 0.0611. The molecule has 0 aromatic carbocycles. The smallest absolute Gasteiger partial charge is 0.223 e. The third-order valence-corrected chi connectivity index (χ3v) is 11.6. The maximum Gasteiger partial charge on any atom is 0.223 e. The first kappa shape index (κ1) is 29.5. The maximum atomic E-state index is 13.2. The number of amides is 2. The summed E-state index contributed by atoms with van der Waals surface area (Å²) in [4.78, 5) is 26.2. The summed E-state index contributed by atoms with van der Waals surface area (Å²) in [6.45, 7) is 3.92. The molecule has 0 aliphatic heterocycles. The highest BCUT2D eigenvalue weighted by Crippen LogP contribution is 2.31. The fourth-order valence-corrected chi connectivity index (χ4v) is 8.80. The second-order valence-corrected chi connectivity index (χ2v) is 14.9. The minimum Gasteiger partial charge on any atom is -0.353 e. The Balaban J connectivity index is 1.22. The van der Waals surface area contributed by atoms with Gasteiger partial charge in [0.2, 0.25) is 21.8 Å². The highest BCUT2D eigenvalue weighted by atomic mass is 79.9. The molecule has 4 atom stereocenters. The predicted molar refractivity (Wildman–Crippen MR) is 151 cm³/mol. The molecule has 9 nitrogen and oxygen atoms in total. The number of nitrogens with zero attached hydrogens (tertiary/aromatic N) is 1. The van der Waals surface area contributed by atoms with E-state index in [9.17, 15) is 18.0 Å². The van der Waals surface area contributed by atoms with Gasteiger partial charge in [-0.05, 0) is 96.5 Å². The molecule has 214 valence electrons. The van der Waals surface area contributed by atoms with Crippen molar-refractivity contribution in [2.45, 2.75) is 132 Å². The van der Waals surface area contributed by atoms with Crippen LogP contribution in [0.5, 0.6) is 0 Å². The Labute approximate surface area is 235 Å². The Bertz CT molecular complexity index is 1050. The van der Waals surface area contributed by atoms with Gasteiger partial charge in [0.1, 0.15) is 0 Å². The van der Waals surface area contributed by atoms with Gasteiger partial charge in [0.25, 0.3) is 0 Å². The molecule has 1 aromatic heterocycles. The summed E-state index contributed by atoms with van der Waals surface area (Å²) in [5, 5.41) is 13.0. The molecular weight excluding hydrogens is 570 g/mol. The largest absolute Gasteiger partial charge is 0.353 e. The molecule has 11 heteroatoms. The Morgan fingerprint density at radius 1 is 0.921 bits per heavy atom. The lowest BCUT2D eigenvalue weighted by atomic mass is 9.86. The van der Waals surface area contributed by atoms with Crippen molar-refractivity contribution in [3.63, 3.8) is 0 Å². The quantitative estimate of drug-likeness (QED) is 0.315. The van der Waals surface area contributed by atoms with Crippen LogP contribution < -0.4 is 15.4 Å². The number of alkyl halides is 1. The maximum absolute atomic E-state index is 13.2. The zero-order valence-corrected chi connectivity index (χ0v) is 25.1. The monoisotopic (exact) mass is 613 g/mol. The first-order valence-corrected chi connectivity index (χ1v) is 16.8. The van der Waals surface area contributed by atoms with E-state index in [2.05, 4.69) is 41.5 Å². The van der Waals surface area contributed by atoms with E-state index in [1.807, 2.05) is 13.8 Å². The van der Waals surface area contributed by atoms with Gasteiger partial charge in [0.05, 0.1) is 10.9 Å². The van der Waals surface area contributed by atoms with Crippen molar-refractivity contribution in [2.75, 3.05) is 0 Å². The summed E-state index contributed by atoms with van der Waals surface area (Å²) >= 11 is 3.63. The van der Waals surface area contributed by atoms with Gasteiger partial charge in [-0.15, -0.1) is 0 Å². The van der Waals surface area contributed by atoms with Crippen molar-refractivity contribution in [3.8, 4) is 0 Å². The Kier molecular flexibility index (Phi) is 10.3. The number of aromatic nitrogens is 2. The fourth-order valence-electron chi connectivity index (χ4n) is 6.42. The van der Waals surface area contributed by atoms with Crippen molar-refractivity contribution < 1.29 is 18.0 Å². The van der Waals surface area contributed by atoms with E-state index < -0.39 is 15.3 Å². The lowest BCUT2D eigenvalue weighted by Gasteiger charge is -2.34. The van der Waals surface area contributed by atoms with Gasteiger partial charge in [-0.25, -0.2) is 13.1 Å². The van der Waals surface area contributed by atoms with E-state index in [1.54, 1.807) is 0 Å². The molecule has 0 saturated heterocycles. The lowest BCUT2D eigenvalue weighted by molar-refractivity contribution is -0.126. The summed E-state index contributed by atoms with van der Waals surface area (Å²) in [5.41, 5.74) is 3.04. The molecule has 0 spiro atoms. The van der Waals surface area contributed by atoms with Crippen LogP contribution in [0.15, 0.2) is 0 Å². The highest BCUT2D eigenvalue weighted by Gasteiger charge is 2.37. The Morgan fingerprint density at radius 3 is 2.29 bits per heavy atom. The minimum absolute atomic E-state index is 0.00474. The Hall–Kier alpha value is -1.46. The number of halogens is 1. The van der Waals surface area contributed by atoms with Crippen molar-refractivity contribution in [3.05, 3.63) is 17.0 Å². The second-order valence-electron chi connectivity index (χ2n) is 11.6. The van der Waals surface area contributed by atoms with E-state index >= 15 is 0 Å². The number of carbonyl (C=O) groups excluding carboxylic acids is 2. The van der Waals surface area contributed by atoms with Gasteiger partial charge < -0.3 is 10.6 Å². The van der Waals surface area contributed by atoms with Crippen molar-refractivity contribution in [1.82, 2.24) is 25.6 Å². The topological polar surface area (TPSA) is 133 Å². The highest BCUT2D eigenvalue weighted by molar-refractivity contribution is 9.09. The summed E-state index contributed by atoms with van der Waals surface area (Å²) in [5.74, 6) is -0.285. The molecule has 3 aliphatic rings. The van der Waals surface area contributed by atoms with Gasteiger partial charge in [-0.2, -0.15) is 5.10 Å². The van der Waals surface area contributed by atoms with Crippen LogP contribution in [0.1, 0.15) is 100 Å². The van der Waals surface area contributed by atoms with Crippen LogP contribution in [0, 0.1) is 19.8 Å². The molecule has 1 aromatic rings. The molecule has 3 fully saturated rings. The van der Waals surface area contributed by atoms with Crippen molar-refractivity contribution in [1.29, 1.82) is 0 Å². The summed E-state index contributed by atoms with van der Waals surface area (Å²) < 4.78 is 29.2. The third-order valence-electron chi connectivity index (χ3n) is 8.69. The number of hydrogen-bond donors (Lipinski definition) is 4. The van der Waals surface area contributed by atoms with Gasteiger partial charge in [0, 0.05) is 41.0 Å². The van der Waals surface area contributed by atoms with Crippen molar-refractivity contribution >= 4 is 37.8 Å². The fraction of sp³-hybridized carbons (Fsp3) is 0.815. The molecule has 4 rings (SSSR count). The van der Waals surface area contributed by atoms with E-state index in [-0.39, 0.29) is 35.9 Å². The van der Waals surface area contributed by atoms with Crippen LogP contribution in [0.4, 0.5) is 0 Å². The number of sulfonamides is 1. The first-order chi connectivity index (χ1) is 18.1. The van der Waals surface area contributed by atoms with Crippen LogP contribution in [0.25, 0.3) is 0 Å². The molecule has 38 heavy (non-hydrogen) atoms. The van der Waals surface area contributed by atoms with Crippen molar-refractivity contribution in [2.24, 2.45) is 5.92 Å². The second kappa shape index (κ2) is 13.3.